The number of pyridine rings is 1. The highest BCUT2D eigenvalue weighted by atomic mass is 19.4. The monoisotopic (exact) mass is 208 g/mol. The van der Waals surface area contributed by atoms with Crippen LogP contribution in [0.15, 0.2) is 17.1 Å². The third-order valence-corrected chi connectivity index (χ3v) is 1.40. The number of halogens is 3. The predicted molar refractivity (Wildman–Crippen MR) is 38.7 cm³/mol. The Morgan fingerprint density at radius 3 is 2.36 bits per heavy atom. The smallest absolute Gasteiger partial charge is 0.352 e. The molecule has 0 fully saturated rings. The van der Waals surface area contributed by atoms with Gasteiger partial charge in [-0.15, -0.1) is 0 Å². The highest BCUT2D eigenvalue weighted by Gasteiger charge is 2.40. The second-order valence-corrected chi connectivity index (χ2v) is 2.32. The number of hydrogen-bond acceptors (Lipinski definition) is 3. The zero-order chi connectivity index (χ0) is 10.9. The summed E-state index contributed by atoms with van der Waals surface area (Å²) in [6.07, 6.45) is -4.24. The van der Waals surface area contributed by atoms with Crippen molar-refractivity contribution in [3.63, 3.8) is 0 Å². The van der Waals surface area contributed by atoms with E-state index in [9.17, 15) is 28.1 Å². The molecule has 1 N–H and O–H groups in total. The first-order chi connectivity index (χ1) is 6.34. The van der Waals surface area contributed by atoms with Gasteiger partial charge < -0.3 is 4.98 Å². The van der Waals surface area contributed by atoms with Gasteiger partial charge in [0.05, 0.1) is 4.92 Å². The highest BCUT2D eigenvalue weighted by molar-refractivity contribution is 5.36. The number of H-pyrrole nitrogens is 1. The van der Waals surface area contributed by atoms with Crippen LogP contribution < -0.4 is 5.43 Å². The van der Waals surface area contributed by atoms with Crippen LogP contribution in [0.1, 0.15) is 5.69 Å². The first kappa shape index (κ1) is 10.2. The molecule has 8 heteroatoms. The Morgan fingerprint density at radius 2 is 2.00 bits per heavy atom. The van der Waals surface area contributed by atoms with E-state index in [0.717, 1.165) is 0 Å². The van der Waals surface area contributed by atoms with Gasteiger partial charge in [-0.05, 0) is 0 Å². The SMILES string of the molecule is O=c1cc[nH]c(C(F)(F)F)c1[N+](=O)[O-]. The van der Waals surface area contributed by atoms with Gasteiger partial charge in [0.15, 0.2) is 0 Å². The molecule has 0 radical (unpaired) electrons. The lowest BCUT2D eigenvalue weighted by Gasteiger charge is -2.05. The van der Waals surface area contributed by atoms with Crippen LogP contribution in [-0.4, -0.2) is 9.91 Å². The van der Waals surface area contributed by atoms with Crippen LogP contribution >= 0.6 is 0 Å². The summed E-state index contributed by atoms with van der Waals surface area (Å²) in [5, 5.41) is 10.2. The fourth-order valence-electron chi connectivity index (χ4n) is 0.869. The number of aromatic nitrogens is 1. The van der Waals surface area contributed by atoms with Crippen molar-refractivity contribution in [2.45, 2.75) is 6.18 Å². The van der Waals surface area contributed by atoms with E-state index in [1.165, 1.54) is 0 Å². The molecule has 0 aliphatic rings. The minimum atomic E-state index is -4.94. The summed E-state index contributed by atoms with van der Waals surface area (Å²) in [4.78, 5) is 21.2. The Morgan fingerprint density at radius 1 is 1.43 bits per heavy atom. The molecule has 0 amide bonds. The number of nitrogens with one attached hydrogen (secondary N) is 1. The van der Waals surface area contributed by atoms with E-state index >= 15 is 0 Å². The summed E-state index contributed by atoms with van der Waals surface area (Å²) < 4.78 is 36.3. The molecule has 0 atom stereocenters. The molecular formula is C6H3F3N2O3. The second-order valence-electron chi connectivity index (χ2n) is 2.32. The summed E-state index contributed by atoms with van der Waals surface area (Å²) in [6, 6.07) is 0.660. The van der Waals surface area contributed by atoms with Crippen molar-refractivity contribution in [2.75, 3.05) is 0 Å². The van der Waals surface area contributed by atoms with Gasteiger partial charge in [0.2, 0.25) is 5.69 Å². The van der Waals surface area contributed by atoms with Crippen LogP contribution in [0.3, 0.4) is 0 Å². The van der Waals surface area contributed by atoms with Crippen LogP contribution in [0.4, 0.5) is 18.9 Å². The lowest BCUT2D eigenvalue weighted by atomic mass is 10.3. The summed E-state index contributed by atoms with van der Waals surface area (Å²) in [6.45, 7) is 0. The summed E-state index contributed by atoms with van der Waals surface area (Å²) in [5.41, 5.74) is -4.41. The molecule has 5 nitrogen and oxygen atoms in total. The van der Waals surface area contributed by atoms with Crippen LogP contribution in [0.25, 0.3) is 0 Å². The molecular weight excluding hydrogens is 205 g/mol. The summed E-state index contributed by atoms with van der Waals surface area (Å²) in [7, 11) is 0. The maximum Gasteiger partial charge on any atom is 0.438 e. The minimum absolute atomic E-state index is 0.660. The first-order valence-electron chi connectivity index (χ1n) is 3.27. The Hall–Kier alpha value is -1.86. The van der Waals surface area contributed by atoms with Gasteiger partial charge in [-0.1, -0.05) is 0 Å². The number of alkyl halides is 3. The summed E-state index contributed by atoms with van der Waals surface area (Å²) in [5.74, 6) is 0. The van der Waals surface area contributed by atoms with E-state index < -0.39 is 27.9 Å². The average molecular weight is 208 g/mol. The quantitative estimate of drug-likeness (QED) is 0.558. The molecule has 0 aliphatic carbocycles. The van der Waals surface area contributed by atoms with E-state index in [4.69, 9.17) is 0 Å². The fraction of sp³-hybridized carbons (Fsp3) is 0.167. The number of hydrogen-bond donors (Lipinski definition) is 1. The van der Waals surface area contributed by atoms with E-state index in [1.807, 2.05) is 0 Å². The topological polar surface area (TPSA) is 76.0 Å². The van der Waals surface area contributed by atoms with E-state index in [-0.39, 0.29) is 0 Å². The summed E-state index contributed by atoms with van der Waals surface area (Å²) >= 11 is 0. The van der Waals surface area contributed by atoms with Crippen molar-refractivity contribution in [1.82, 2.24) is 4.98 Å². The minimum Gasteiger partial charge on any atom is -0.352 e. The molecule has 1 rings (SSSR count). The van der Waals surface area contributed by atoms with Crippen LogP contribution in [0, 0.1) is 10.1 Å². The zero-order valence-electron chi connectivity index (χ0n) is 6.46. The zero-order valence-corrected chi connectivity index (χ0v) is 6.46. The highest BCUT2D eigenvalue weighted by Crippen LogP contribution is 2.31. The van der Waals surface area contributed by atoms with Gasteiger partial charge in [-0.2, -0.15) is 13.2 Å². The number of nitro groups is 1. The number of aromatic amines is 1. The molecule has 76 valence electrons. The Balaban J connectivity index is 3.52. The maximum absolute atomic E-state index is 12.1. The molecule has 0 saturated heterocycles. The second kappa shape index (κ2) is 3.13. The van der Waals surface area contributed by atoms with Crippen molar-refractivity contribution >= 4 is 5.69 Å². The maximum atomic E-state index is 12.1. The molecule has 1 heterocycles. The fourth-order valence-corrected chi connectivity index (χ4v) is 0.869. The third kappa shape index (κ3) is 1.73. The molecule has 1 aromatic rings. The van der Waals surface area contributed by atoms with Crippen LogP contribution in [-0.2, 0) is 6.18 Å². The molecule has 0 unspecified atom stereocenters. The number of nitrogens with zero attached hydrogens (tertiary/aromatic N) is 1. The van der Waals surface area contributed by atoms with Crippen molar-refractivity contribution < 1.29 is 18.1 Å². The van der Waals surface area contributed by atoms with E-state index in [2.05, 4.69) is 0 Å². The molecule has 14 heavy (non-hydrogen) atoms. The number of rotatable bonds is 1. The standard InChI is InChI=1S/C6H3F3N2O3/c7-6(8,9)5-4(11(13)14)3(12)1-2-10-5/h1-2H,(H,10,12). The molecule has 1 aromatic heterocycles. The molecule has 0 spiro atoms. The lowest BCUT2D eigenvalue weighted by molar-refractivity contribution is -0.389. The molecule has 0 saturated carbocycles. The van der Waals surface area contributed by atoms with Crippen molar-refractivity contribution in [2.24, 2.45) is 0 Å². The van der Waals surface area contributed by atoms with E-state index in [0.29, 0.717) is 12.3 Å². The van der Waals surface area contributed by atoms with Crippen molar-refractivity contribution in [3.8, 4) is 0 Å². The average Bonchev–Trinajstić information content (AvgIpc) is 2.01. The largest absolute Gasteiger partial charge is 0.438 e. The van der Waals surface area contributed by atoms with Gasteiger partial charge >= 0.3 is 11.9 Å². The first-order valence-corrected chi connectivity index (χ1v) is 3.27. The van der Waals surface area contributed by atoms with Crippen LogP contribution in [0.5, 0.6) is 0 Å². The Labute approximate surface area is 74.3 Å². The van der Waals surface area contributed by atoms with Gasteiger partial charge in [-0.25, -0.2) is 0 Å². The van der Waals surface area contributed by atoms with Gasteiger partial charge in [0.1, 0.15) is 0 Å². The van der Waals surface area contributed by atoms with E-state index in [1.54, 1.807) is 4.98 Å². The van der Waals surface area contributed by atoms with Gasteiger partial charge in [0, 0.05) is 12.3 Å². The Kier molecular flexibility index (Phi) is 2.28. The van der Waals surface area contributed by atoms with Gasteiger partial charge in [0.25, 0.3) is 5.43 Å². The third-order valence-electron chi connectivity index (χ3n) is 1.40. The lowest BCUT2D eigenvalue weighted by Crippen LogP contribution is -2.18. The Bertz CT molecular complexity index is 423. The normalized spacial score (nSPS) is 11.4. The van der Waals surface area contributed by atoms with Gasteiger partial charge in [-0.3, -0.25) is 14.9 Å². The molecule has 0 aromatic carbocycles. The van der Waals surface area contributed by atoms with Crippen LogP contribution in [0.2, 0.25) is 0 Å². The van der Waals surface area contributed by atoms with Crippen molar-refractivity contribution in [3.05, 3.63) is 38.3 Å². The molecule has 0 aliphatic heterocycles. The van der Waals surface area contributed by atoms with Crippen molar-refractivity contribution in [1.29, 1.82) is 0 Å². The molecule has 0 bridgehead atoms. The predicted octanol–water partition coefficient (Wildman–Crippen LogP) is 1.30.